The van der Waals surface area contributed by atoms with Crippen molar-refractivity contribution in [1.29, 1.82) is 0 Å². The molecule has 1 amide bonds. The number of nitrogens with zero attached hydrogens (tertiary/aromatic N) is 2. The van der Waals surface area contributed by atoms with Crippen molar-refractivity contribution in [1.82, 2.24) is 20.8 Å². The molecule has 6 heteroatoms. The second kappa shape index (κ2) is 4.58. The van der Waals surface area contributed by atoms with Gasteiger partial charge in [-0.25, -0.2) is 0 Å². The van der Waals surface area contributed by atoms with Crippen LogP contribution in [0.15, 0.2) is 29.1 Å². The number of rotatable bonds is 3. The molecule has 0 aliphatic carbocycles. The number of amides is 1. The fraction of sp³-hybridized carbons (Fsp3) is 0.250. The standard InChI is InChI=1S/C12H12N4O2/c17-12(14-6-11-15-7-18-16-11)8-1-2-9-4-13-5-10(9)3-8/h1-3,7,13H,4-6H2,(H,14,17). The normalized spacial score (nSPS) is 13.3. The van der Waals surface area contributed by atoms with Crippen LogP contribution in [0.4, 0.5) is 0 Å². The minimum absolute atomic E-state index is 0.130. The van der Waals surface area contributed by atoms with Gasteiger partial charge >= 0.3 is 0 Å². The number of fused-ring (bicyclic) bond motifs is 1. The van der Waals surface area contributed by atoms with E-state index in [-0.39, 0.29) is 12.5 Å². The van der Waals surface area contributed by atoms with Crippen LogP contribution in [0.3, 0.4) is 0 Å². The quantitative estimate of drug-likeness (QED) is 0.826. The zero-order chi connectivity index (χ0) is 12.4. The highest BCUT2D eigenvalue weighted by Crippen LogP contribution is 2.16. The Balaban J connectivity index is 1.69. The minimum Gasteiger partial charge on any atom is -0.345 e. The summed E-state index contributed by atoms with van der Waals surface area (Å²) in [5, 5.41) is 9.62. The lowest BCUT2D eigenvalue weighted by atomic mass is 10.1. The van der Waals surface area contributed by atoms with Gasteiger partial charge in [-0.05, 0) is 23.3 Å². The van der Waals surface area contributed by atoms with Gasteiger partial charge in [-0.1, -0.05) is 11.2 Å². The predicted octanol–water partition coefficient (Wildman–Crippen LogP) is 0.603. The molecule has 18 heavy (non-hydrogen) atoms. The molecule has 2 heterocycles. The zero-order valence-electron chi connectivity index (χ0n) is 9.64. The van der Waals surface area contributed by atoms with Gasteiger partial charge in [-0.3, -0.25) is 4.79 Å². The fourth-order valence-corrected chi connectivity index (χ4v) is 1.97. The lowest BCUT2D eigenvalue weighted by molar-refractivity contribution is 0.0949. The summed E-state index contributed by atoms with van der Waals surface area (Å²) in [6, 6.07) is 5.73. The second-order valence-corrected chi connectivity index (χ2v) is 4.12. The van der Waals surface area contributed by atoms with Crippen LogP contribution in [-0.2, 0) is 19.6 Å². The van der Waals surface area contributed by atoms with E-state index >= 15 is 0 Å². The third kappa shape index (κ3) is 2.10. The summed E-state index contributed by atoms with van der Waals surface area (Å²) < 4.78 is 4.59. The number of nitrogens with one attached hydrogen (secondary N) is 2. The van der Waals surface area contributed by atoms with Crippen molar-refractivity contribution in [3.63, 3.8) is 0 Å². The molecule has 0 saturated carbocycles. The van der Waals surface area contributed by atoms with E-state index in [1.807, 2.05) is 18.2 Å². The maximum Gasteiger partial charge on any atom is 0.251 e. The summed E-state index contributed by atoms with van der Waals surface area (Å²) in [5.41, 5.74) is 3.09. The lowest BCUT2D eigenvalue weighted by Crippen LogP contribution is -2.23. The van der Waals surface area contributed by atoms with Crippen LogP contribution in [0.1, 0.15) is 27.3 Å². The maximum absolute atomic E-state index is 11.9. The van der Waals surface area contributed by atoms with E-state index < -0.39 is 0 Å². The monoisotopic (exact) mass is 244 g/mol. The molecule has 2 N–H and O–H groups in total. The average molecular weight is 244 g/mol. The van der Waals surface area contributed by atoms with Crippen LogP contribution >= 0.6 is 0 Å². The number of hydrogen-bond donors (Lipinski definition) is 2. The number of aromatic nitrogens is 2. The van der Waals surface area contributed by atoms with Gasteiger partial charge in [0.05, 0.1) is 6.54 Å². The largest absolute Gasteiger partial charge is 0.345 e. The highest BCUT2D eigenvalue weighted by Gasteiger charge is 2.13. The van der Waals surface area contributed by atoms with Crippen LogP contribution < -0.4 is 10.6 Å². The SMILES string of the molecule is O=C(NCc1ncon1)c1ccc2c(c1)CNC2. The summed E-state index contributed by atoms with van der Waals surface area (Å²) in [4.78, 5) is 15.8. The molecular weight excluding hydrogens is 232 g/mol. The molecule has 0 spiro atoms. The number of carbonyl (C=O) groups excluding carboxylic acids is 1. The van der Waals surface area contributed by atoms with E-state index in [0.717, 1.165) is 13.1 Å². The molecule has 92 valence electrons. The van der Waals surface area contributed by atoms with Gasteiger partial charge in [0.2, 0.25) is 6.39 Å². The van der Waals surface area contributed by atoms with Crippen molar-refractivity contribution < 1.29 is 9.32 Å². The van der Waals surface area contributed by atoms with Crippen LogP contribution in [0.2, 0.25) is 0 Å². The van der Waals surface area contributed by atoms with Crippen molar-refractivity contribution in [2.45, 2.75) is 19.6 Å². The van der Waals surface area contributed by atoms with Crippen LogP contribution in [0.5, 0.6) is 0 Å². The Kier molecular flexibility index (Phi) is 2.77. The Morgan fingerprint density at radius 2 is 2.28 bits per heavy atom. The third-order valence-corrected chi connectivity index (χ3v) is 2.91. The molecule has 1 aromatic carbocycles. The Morgan fingerprint density at radius 3 is 3.11 bits per heavy atom. The molecule has 0 fully saturated rings. The molecule has 0 atom stereocenters. The Hall–Kier alpha value is -2.21. The van der Waals surface area contributed by atoms with Gasteiger partial charge in [-0.15, -0.1) is 0 Å². The van der Waals surface area contributed by atoms with E-state index in [2.05, 4.69) is 25.3 Å². The smallest absolute Gasteiger partial charge is 0.251 e. The first-order valence-corrected chi connectivity index (χ1v) is 5.69. The molecule has 0 saturated heterocycles. The van der Waals surface area contributed by atoms with Crippen molar-refractivity contribution in [2.24, 2.45) is 0 Å². The average Bonchev–Trinajstić information content (AvgIpc) is 3.05. The first-order valence-electron chi connectivity index (χ1n) is 5.69. The molecule has 3 rings (SSSR count). The van der Waals surface area contributed by atoms with E-state index in [1.165, 1.54) is 17.5 Å². The molecule has 1 aromatic heterocycles. The van der Waals surface area contributed by atoms with Crippen molar-refractivity contribution in [2.75, 3.05) is 0 Å². The third-order valence-electron chi connectivity index (χ3n) is 2.91. The van der Waals surface area contributed by atoms with E-state index in [0.29, 0.717) is 11.4 Å². The van der Waals surface area contributed by atoms with Gasteiger partial charge in [-0.2, -0.15) is 4.98 Å². The molecule has 0 bridgehead atoms. The molecular formula is C12H12N4O2. The molecule has 1 aliphatic rings. The fourth-order valence-electron chi connectivity index (χ4n) is 1.97. The summed E-state index contributed by atoms with van der Waals surface area (Å²) in [6.07, 6.45) is 1.24. The second-order valence-electron chi connectivity index (χ2n) is 4.12. The topological polar surface area (TPSA) is 80.1 Å². The highest BCUT2D eigenvalue weighted by atomic mass is 16.5. The minimum atomic E-state index is -0.130. The van der Waals surface area contributed by atoms with Gasteiger partial charge < -0.3 is 15.2 Å². The van der Waals surface area contributed by atoms with Gasteiger partial charge in [0.25, 0.3) is 5.91 Å². The highest BCUT2D eigenvalue weighted by molar-refractivity contribution is 5.94. The van der Waals surface area contributed by atoms with Crippen LogP contribution in [0.25, 0.3) is 0 Å². The Labute approximate surface area is 103 Å². The van der Waals surface area contributed by atoms with E-state index in [4.69, 9.17) is 0 Å². The van der Waals surface area contributed by atoms with Crippen molar-refractivity contribution in [3.8, 4) is 0 Å². The summed E-state index contributed by atoms with van der Waals surface area (Å²) in [5.74, 6) is 0.334. The van der Waals surface area contributed by atoms with Crippen molar-refractivity contribution >= 4 is 5.91 Å². The number of hydrogen-bond acceptors (Lipinski definition) is 5. The molecule has 1 aliphatic heterocycles. The predicted molar refractivity (Wildman–Crippen MR) is 62.5 cm³/mol. The lowest BCUT2D eigenvalue weighted by Gasteiger charge is -2.04. The number of benzene rings is 1. The summed E-state index contributed by atoms with van der Waals surface area (Å²) in [7, 11) is 0. The number of carbonyl (C=O) groups is 1. The first-order chi connectivity index (χ1) is 8.83. The van der Waals surface area contributed by atoms with Gasteiger partial charge in [0.15, 0.2) is 5.82 Å². The first kappa shape index (κ1) is 10.9. The van der Waals surface area contributed by atoms with Gasteiger partial charge in [0, 0.05) is 18.7 Å². The summed E-state index contributed by atoms with van der Waals surface area (Å²) in [6.45, 7) is 1.96. The molecule has 0 radical (unpaired) electrons. The molecule has 2 aromatic rings. The van der Waals surface area contributed by atoms with Gasteiger partial charge in [0.1, 0.15) is 0 Å². The van der Waals surface area contributed by atoms with Crippen LogP contribution in [-0.4, -0.2) is 16.0 Å². The zero-order valence-corrected chi connectivity index (χ0v) is 9.64. The Bertz CT molecular complexity index is 565. The van der Waals surface area contributed by atoms with Crippen molar-refractivity contribution in [3.05, 3.63) is 47.1 Å². The van der Waals surface area contributed by atoms with E-state index in [9.17, 15) is 4.79 Å². The van der Waals surface area contributed by atoms with E-state index in [1.54, 1.807) is 0 Å². The maximum atomic E-state index is 11.9. The Morgan fingerprint density at radius 1 is 1.39 bits per heavy atom. The summed E-state index contributed by atoms with van der Waals surface area (Å²) >= 11 is 0. The molecule has 0 unspecified atom stereocenters. The van der Waals surface area contributed by atoms with Crippen LogP contribution in [0, 0.1) is 0 Å². The molecule has 6 nitrogen and oxygen atoms in total.